The zero-order chi connectivity index (χ0) is 15.5. The van der Waals surface area contributed by atoms with Crippen LogP contribution in [0.1, 0.15) is 58.2 Å². The van der Waals surface area contributed by atoms with E-state index in [-0.39, 0.29) is 11.6 Å². The van der Waals surface area contributed by atoms with Crippen LogP contribution in [0.5, 0.6) is 0 Å². The monoisotopic (exact) mass is 312 g/mol. The highest BCUT2D eigenvalue weighted by atomic mass is 35.5. The van der Waals surface area contributed by atoms with Crippen molar-refractivity contribution in [3.63, 3.8) is 0 Å². The largest absolute Gasteiger partial charge is 0.307 e. The van der Waals surface area contributed by atoms with Crippen LogP contribution in [0.4, 0.5) is 0 Å². The van der Waals surface area contributed by atoms with Crippen LogP contribution in [0.15, 0.2) is 6.20 Å². The van der Waals surface area contributed by atoms with E-state index in [0.29, 0.717) is 0 Å². The fourth-order valence-corrected chi connectivity index (χ4v) is 4.22. The van der Waals surface area contributed by atoms with Crippen molar-refractivity contribution in [2.75, 3.05) is 19.6 Å². The molecule has 1 N–H and O–H groups in total. The topological polar surface area (TPSA) is 33.1 Å². The molecule has 1 aliphatic heterocycles. The third-order valence-electron chi connectivity index (χ3n) is 5.12. The molecule has 1 atom stereocenters. The molecule has 0 radical (unpaired) electrons. The molecule has 0 amide bonds. The van der Waals surface area contributed by atoms with Crippen molar-refractivity contribution < 1.29 is 0 Å². The summed E-state index contributed by atoms with van der Waals surface area (Å²) in [7, 11) is 1.99. The number of likely N-dealkylation sites (tertiary alicyclic amines) is 1. The molecule has 0 aromatic carbocycles. The van der Waals surface area contributed by atoms with Crippen LogP contribution in [-0.4, -0.2) is 39.9 Å². The van der Waals surface area contributed by atoms with Gasteiger partial charge in [-0.25, -0.2) is 0 Å². The van der Waals surface area contributed by atoms with E-state index < -0.39 is 0 Å². The van der Waals surface area contributed by atoms with Gasteiger partial charge in [0, 0.05) is 12.6 Å². The second-order valence-electron chi connectivity index (χ2n) is 6.00. The van der Waals surface area contributed by atoms with E-state index in [2.05, 4.69) is 36.1 Å². The summed E-state index contributed by atoms with van der Waals surface area (Å²) in [6.07, 6.45) is 6.60. The van der Waals surface area contributed by atoms with Crippen LogP contribution in [0.25, 0.3) is 0 Å². The first-order valence-electron chi connectivity index (χ1n) is 8.26. The maximum atomic E-state index is 6.46. The van der Waals surface area contributed by atoms with Gasteiger partial charge in [-0.15, -0.1) is 0 Å². The number of rotatable bonds is 7. The Morgan fingerprint density at radius 3 is 2.33 bits per heavy atom. The molecular formula is C16H29ClN4. The third kappa shape index (κ3) is 2.99. The summed E-state index contributed by atoms with van der Waals surface area (Å²) in [6.45, 7) is 10.1. The van der Waals surface area contributed by atoms with E-state index >= 15 is 0 Å². The zero-order valence-electron chi connectivity index (χ0n) is 13.8. The van der Waals surface area contributed by atoms with Gasteiger partial charge in [-0.05, 0) is 45.3 Å². The van der Waals surface area contributed by atoms with Gasteiger partial charge in [0.2, 0.25) is 0 Å². The summed E-state index contributed by atoms with van der Waals surface area (Å²) in [6, 6.07) is 0.218. The van der Waals surface area contributed by atoms with Crippen LogP contribution in [0.2, 0.25) is 5.02 Å². The highest BCUT2D eigenvalue weighted by molar-refractivity contribution is 6.31. The molecule has 1 aromatic heterocycles. The molecule has 21 heavy (non-hydrogen) atoms. The van der Waals surface area contributed by atoms with Crippen LogP contribution >= 0.6 is 11.6 Å². The number of nitrogens with one attached hydrogen (secondary N) is 1. The van der Waals surface area contributed by atoms with Crippen LogP contribution in [0, 0.1) is 0 Å². The molecule has 1 saturated heterocycles. The van der Waals surface area contributed by atoms with E-state index in [9.17, 15) is 0 Å². The van der Waals surface area contributed by atoms with Crippen LogP contribution in [-0.2, 0) is 7.05 Å². The van der Waals surface area contributed by atoms with Gasteiger partial charge in [0.15, 0.2) is 0 Å². The number of likely N-dealkylation sites (N-methyl/N-ethyl adjacent to an activating group) is 1. The van der Waals surface area contributed by atoms with Crippen molar-refractivity contribution in [3.8, 4) is 0 Å². The molecule has 2 rings (SSSR count). The normalized spacial score (nSPS) is 18.3. The minimum absolute atomic E-state index is 0.115. The summed E-state index contributed by atoms with van der Waals surface area (Å²) < 4.78 is 1.94. The SMILES string of the molecule is CCNC(c1c(Cl)cnn1C)C(CC)(CC)N1CCCC1. The lowest BCUT2D eigenvalue weighted by Crippen LogP contribution is -2.55. The van der Waals surface area contributed by atoms with Gasteiger partial charge in [-0.3, -0.25) is 9.58 Å². The average Bonchev–Trinajstić information content (AvgIpc) is 3.11. The number of aryl methyl sites for hydroxylation is 1. The Morgan fingerprint density at radius 2 is 1.90 bits per heavy atom. The maximum Gasteiger partial charge on any atom is 0.0834 e. The molecule has 1 aromatic rings. The second kappa shape index (κ2) is 7.12. The fraction of sp³-hybridized carbons (Fsp3) is 0.812. The first-order chi connectivity index (χ1) is 10.1. The fourth-order valence-electron chi connectivity index (χ4n) is 3.94. The lowest BCUT2D eigenvalue weighted by atomic mass is 9.80. The molecule has 2 heterocycles. The predicted molar refractivity (Wildman–Crippen MR) is 88.8 cm³/mol. The Kier molecular flexibility index (Phi) is 5.69. The van der Waals surface area contributed by atoms with Gasteiger partial charge in [0.05, 0.1) is 23.0 Å². The first-order valence-corrected chi connectivity index (χ1v) is 8.64. The van der Waals surface area contributed by atoms with Crippen molar-refractivity contribution in [3.05, 3.63) is 16.9 Å². The van der Waals surface area contributed by atoms with Gasteiger partial charge in [-0.2, -0.15) is 5.10 Å². The van der Waals surface area contributed by atoms with Crippen molar-refractivity contribution in [1.82, 2.24) is 20.0 Å². The summed E-state index contributed by atoms with van der Waals surface area (Å²) in [5.41, 5.74) is 1.23. The Balaban J connectivity index is 2.46. The number of nitrogens with zero attached hydrogens (tertiary/aromatic N) is 3. The van der Waals surface area contributed by atoms with E-state index in [1.54, 1.807) is 6.20 Å². The number of hydrogen-bond donors (Lipinski definition) is 1. The molecule has 1 unspecified atom stereocenters. The van der Waals surface area contributed by atoms with Crippen molar-refractivity contribution >= 4 is 11.6 Å². The molecule has 120 valence electrons. The molecule has 1 fully saturated rings. The Morgan fingerprint density at radius 1 is 1.29 bits per heavy atom. The molecule has 0 bridgehead atoms. The van der Waals surface area contributed by atoms with Crippen molar-refractivity contribution in [1.29, 1.82) is 0 Å². The van der Waals surface area contributed by atoms with Gasteiger partial charge in [0.25, 0.3) is 0 Å². The Bertz CT molecular complexity index is 428. The van der Waals surface area contributed by atoms with Crippen molar-refractivity contribution in [2.24, 2.45) is 7.05 Å². The summed E-state index contributed by atoms with van der Waals surface area (Å²) in [5, 5.41) is 8.83. The Labute approximate surface area is 133 Å². The molecule has 0 saturated carbocycles. The smallest absolute Gasteiger partial charge is 0.0834 e. The molecule has 1 aliphatic rings. The van der Waals surface area contributed by atoms with E-state index in [1.165, 1.54) is 25.9 Å². The van der Waals surface area contributed by atoms with Gasteiger partial charge in [-0.1, -0.05) is 32.4 Å². The van der Waals surface area contributed by atoms with Crippen LogP contribution in [0.3, 0.4) is 0 Å². The quantitative estimate of drug-likeness (QED) is 0.838. The summed E-state index contributed by atoms with van der Waals surface area (Å²) in [4.78, 5) is 2.67. The molecule has 0 spiro atoms. The van der Waals surface area contributed by atoms with Gasteiger partial charge >= 0.3 is 0 Å². The molecular weight excluding hydrogens is 284 g/mol. The highest BCUT2D eigenvalue weighted by Crippen LogP contribution is 2.41. The minimum atomic E-state index is 0.115. The van der Waals surface area contributed by atoms with Gasteiger partial charge in [0.1, 0.15) is 0 Å². The summed E-state index contributed by atoms with van der Waals surface area (Å²) >= 11 is 6.46. The van der Waals surface area contributed by atoms with Gasteiger partial charge < -0.3 is 5.32 Å². The minimum Gasteiger partial charge on any atom is -0.307 e. The maximum absolute atomic E-state index is 6.46. The standard InChI is InChI=1S/C16H29ClN4/c1-5-16(6-2,21-10-8-9-11-21)15(18-7-3)14-13(17)12-19-20(14)4/h12,15,18H,5-11H2,1-4H3. The lowest BCUT2D eigenvalue weighted by Gasteiger charge is -2.47. The number of aromatic nitrogens is 2. The van der Waals surface area contributed by atoms with Crippen molar-refractivity contribution in [2.45, 2.75) is 58.0 Å². The molecule has 4 nitrogen and oxygen atoms in total. The molecule has 0 aliphatic carbocycles. The zero-order valence-corrected chi connectivity index (χ0v) is 14.6. The third-order valence-corrected chi connectivity index (χ3v) is 5.41. The van der Waals surface area contributed by atoms with E-state index in [1.807, 2.05) is 11.7 Å². The number of halogens is 1. The average molecular weight is 313 g/mol. The van der Waals surface area contributed by atoms with Crippen LogP contribution < -0.4 is 5.32 Å². The van der Waals surface area contributed by atoms with E-state index in [4.69, 9.17) is 11.6 Å². The summed E-state index contributed by atoms with van der Waals surface area (Å²) in [5.74, 6) is 0. The molecule has 5 heteroatoms. The second-order valence-corrected chi connectivity index (χ2v) is 6.40. The lowest BCUT2D eigenvalue weighted by molar-refractivity contribution is 0.0592. The Hall–Kier alpha value is -0.580. The first kappa shape index (κ1) is 16.8. The van der Waals surface area contributed by atoms with E-state index in [0.717, 1.165) is 30.1 Å². The number of hydrogen-bond acceptors (Lipinski definition) is 3. The highest BCUT2D eigenvalue weighted by Gasteiger charge is 2.44. The predicted octanol–water partition coefficient (Wildman–Crippen LogP) is 3.38.